The number of alkyl halides is 1. The average molecular weight is 186 g/mol. The topological polar surface area (TPSA) is 12.0 Å². The van der Waals surface area contributed by atoms with Crippen molar-refractivity contribution >= 4 is 11.6 Å². The van der Waals surface area contributed by atoms with E-state index in [1.807, 2.05) is 6.08 Å². The first-order valence-electron chi connectivity index (χ1n) is 4.59. The molecule has 1 N–H and O–H groups in total. The summed E-state index contributed by atoms with van der Waals surface area (Å²) in [6, 6.07) is 0. The van der Waals surface area contributed by atoms with Crippen LogP contribution >= 0.6 is 11.6 Å². The second-order valence-corrected chi connectivity index (χ2v) is 3.61. The second kappa shape index (κ2) is 5.26. The molecule has 0 aromatic carbocycles. The summed E-state index contributed by atoms with van der Waals surface area (Å²) in [4.78, 5) is 0. The van der Waals surface area contributed by atoms with E-state index in [1.165, 1.54) is 18.5 Å². The highest BCUT2D eigenvalue weighted by molar-refractivity contribution is 6.22. The number of halogens is 1. The maximum Gasteiger partial charge on any atom is 0.0555 e. The predicted octanol–water partition coefficient (Wildman–Crippen LogP) is 2.83. The molecule has 1 nitrogen and oxygen atoms in total. The second-order valence-electron chi connectivity index (χ2n) is 3.05. The predicted molar refractivity (Wildman–Crippen MR) is 54.4 cm³/mol. The van der Waals surface area contributed by atoms with E-state index in [0.717, 1.165) is 13.0 Å². The van der Waals surface area contributed by atoms with Crippen molar-refractivity contribution in [2.24, 2.45) is 0 Å². The average Bonchev–Trinajstić information content (AvgIpc) is 2.09. The van der Waals surface area contributed by atoms with Gasteiger partial charge in [-0.3, -0.25) is 0 Å². The Morgan fingerprint density at radius 3 is 3.08 bits per heavy atom. The van der Waals surface area contributed by atoms with Gasteiger partial charge in [0, 0.05) is 12.2 Å². The van der Waals surface area contributed by atoms with Gasteiger partial charge in [0.05, 0.1) is 5.38 Å². The molecule has 0 aromatic heterocycles. The largest absolute Gasteiger partial charge is 0.385 e. The summed E-state index contributed by atoms with van der Waals surface area (Å²) < 4.78 is 0. The molecule has 0 saturated carbocycles. The van der Waals surface area contributed by atoms with Crippen molar-refractivity contribution in [2.45, 2.75) is 31.6 Å². The van der Waals surface area contributed by atoms with E-state index in [0.29, 0.717) is 0 Å². The number of allylic oxidation sites excluding steroid dienone is 3. The molecular formula is C10H16ClN. The Morgan fingerprint density at radius 1 is 1.67 bits per heavy atom. The van der Waals surface area contributed by atoms with Gasteiger partial charge in [-0.15, -0.1) is 11.6 Å². The van der Waals surface area contributed by atoms with E-state index >= 15 is 0 Å². The summed E-state index contributed by atoms with van der Waals surface area (Å²) in [5.41, 5.74) is 1.22. The molecule has 0 amide bonds. The van der Waals surface area contributed by atoms with Gasteiger partial charge in [0.15, 0.2) is 0 Å². The van der Waals surface area contributed by atoms with Crippen LogP contribution in [0.25, 0.3) is 0 Å². The Morgan fingerprint density at radius 2 is 2.50 bits per heavy atom. The molecule has 0 aromatic rings. The molecule has 0 spiro atoms. The molecule has 1 aliphatic rings. The third kappa shape index (κ3) is 3.31. The van der Waals surface area contributed by atoms with Crippen LogP contribution in [0.3, 0.4) is 0 Å². The fourth-order valence-electron chi connectivity index (χ4n) is 1.13. The zero-order valence-electron chi connectivity index (χ0n) is 7.52. The van der Waals surface area contributed by atoms with Gasteiger partial charge in [0.1, 0.15) is 0 Å². The lowest BCUT2D eigenvalue weighted by Gasteiger charge is -2.12. The fraction of sp³-hybridized carbons (Fsp3) is 0.600. The van der Waals surface area contributed by atoms with Crippen LogP contribution in [0.4, 0.5) is 0 Å². The first-order valence-corrected chi connectivity index (χ1v) is 5.03. The van der Waals surface area contributed by atoms with E-state index in [2.05, 4.69) is 24.4 Å². The number of hydrogen-bond acceptors (Lipinski definition) is 1. The lowest BCUT2D eigenvalue weighted by atomic mass is 10.1. The molecule has 2 heteroatoms. The van der Waals surface area contributed by atoms with Crippen molar-refractivity contribution in [1.82, 2.24) is 5.32 Å². The van der Waals surface area contributed by atoms with Crippen LogP contribution in [0.2, 0.25) is 0 Å². The van der Waals surface area contributed by atoms with Crippen molar-refractivity contribution in [1.29, 1.82) is 0 Å². The molecule has 0 saturated heterocycles. The van der Waals surface area contributed by atoms with Crippen molar-refractivity contribution < 1.29 is 0 Å². The fourth-order valence-corrected chi connectivity index (χ4v) is 1.30. The van der Waals surface area contributed by atoms with Crippen molar-refractivity contribution in [2.75, 3.05) is 6.54 Å². The quantitative estimate of drug-likeness (QED) is 0.525. The van der Waals surface area contributed by atoms with Gasteiger partial charge in [-0.1, -0.05) is 25.5 Å². The van der Waals surface area contributed by atoms with Crippen LogP contribution in [0.1, 0.15) is 26.2 Å². The molecular weight excluding hydrogens is 170 g/mol. The van der Waals surface area contributed by atoms with Crippen LogP contribution in [-0.2, 0) is 0 Å². The van der Waals surface area contributed by atoms with Gasteiger partial charge in [0.25, 0.3) is 0 Å². The first-order chi connectivity index (χ1) is 5.83. The minimum Gasteiger partial charge on any atom is -0.385 e. The monoisotopic (exact) mass is 185 g/mol. The maximum absolute atomic E-state index is 5.88. The van der Waals surface area contributed by atoms with Gasteiger partial charge in [-0.2, -0.15) is 0 Å². The lowest BCUT2D eigenvalue weighted by molar-refractivity contribution is 0.714. The van der Waals surface area contributed by atoms with E-state index in [9.17, 15) is 0 Å². The number of hydrogen-bond donors (Lipinski definition) is 1. The van der Waals surface area contributed by atoms with Crippen molar-refractivity contribution in [3.05, 3.63) is 23.9 Å². The van der Waals surface area contributed by atoms with E-state index < -0.39 is 0 Å². The molecule has 0 heterocycles. The highest BCUT2D eigenvalue weighted by Crippen LogP contribution is 2.13. The molecule has 1 rings (SSSR count). The van der Waals surface area contributed by atoms with Crippen LogP contribution in [0.15, 0.2) is 23.9 Å². The SMILES string of the molecule is CCCCNC1=CCC(Cl)C=C1. The first kappa shape index (κ1) is 9.66. The minimum absolute atomic E-state index is 0.196. The highest BCUT2D eigenvalue weighted by Gasteiger charge is 2.03. The Kier molecular flexibility index (Phi) is 4.23. The number of nitrogens with one attached hydrogen (secondary N) is 1. The summed E-state index contributed by atoms with van der Waals surface area (Å²) in [6.07, 6.45) is 9.68. The van der Waals surface area contributed by atoms with Crippen molar-refractivity contribution in [3.8, 4) is 0 Å². The molecule has 68 valence electrons. The summed E-state index contributed by atoms with van der Waals surface area (Å²) in [5, 5.41) is 3.55. The molecule has 1 atom stereocenters. The molecule has 1 aliphatic carbocycles. The van der Waals surface area contributed by atoms with Crippen LogP contribution in [-0.4, -0.2) is 11.9 Å². The van der Waals surface area contributed by atoms with Gasteiger partial charge in [-0.05, 0) is 18.9 Å². The summed E-state index contributed by atoms with van der Waals surface area (Å²) in [6.45, 7) is 3.27. The standard InChI is InChI=1S/C10H16ClN/c1-2-3-8-12-10-6-4-9(11)5-7-10/h4,6-7,9,12H,2-3,5,8H2,1H3. The normalized spacial score (nSPS) is 22.2. The molecule has 1 unspecified atom stereocenters. The Balaban J connectivity index is 2.21. The van der Waals surface area contributed by atoms with Crippen LogP contribution in [0, 0.1) is 0 Å². The Bertz CT molecular complexity index is 184. The maximum atomic E-state index is 5.88. The third-order valence-electron chi connectivity index (χ3n) is 1.91. The van der Waals surface area contributed by atoms with Gasteiger partial charge in [0.2, 0.25) is 0 Å². The van der Waals surface area contributed by atoms with Crippen LogP contribution in [0.5, 0.6) is 0 Å². The molecule has 0 radical (unpaired) electrons. The van der Waals surface area contributed by atoms with E-state index in [1.54, 1.807) is 0 Å². The molecule has 12 heavy (non-hydrogen) atoms. The van der Waals surface area contributed by atoms with Gasteiger partial charge < -0.3 is 5.32 Å². The highest BCUT2D eigenvalue weighted by atomic mass is 35.5. The van der Waals surface area contributed by atoms with Gasteiger partial charge >= 0.3 is 0 Å². The van der Waals surface area contributed by atoms with Gasteiger partial charge in [-0.25, -0.2) is 0 Å². The summed E-state index contributed by atoms with van der Waals surface area (Å²) in [5.74, 6) is 0. The lowest BCUT2D eigenvalue weighted by Crippen LogP contribution is -2.15. The van der Waals surface area contributed by atoms with E-state index in [4.69, 9.17) is 11.6 Å². The Labute approximate surface area is 79.5 Å². The molecule has 0 bridgehead atoms. The Hall–Kier alpha value is -0.430. The zero-order chi connectivity index (χ0) is 8.81. The number of rotatable bonds is 4. The number of unbranched alkanes of at least 4 members (excludes halogenated alkanes) is 1. The van der Waals surface area contributed by atoms with Crippen molar-refractivity contribution in [3.63, 3.8) is 0 Å². The van der Waals surface area contributed by atoms with E-state index in [-0.39, 0.29) is 5.38 Å². The molecule has 0 aliphatic heterocycles. The smallest absolute Gasteiger partial charge is 0.0555 e. The minimum atomic E-state index is 0.196. The summed E-state index contributed by atoms with van der Waals surface area (Å²) >= 11 is 5.88. The molecule has 0 fully saturated rings. The van der Waals surface area contributed by atoms with Crippen LogP contribution < -0.4 is 5.32 Å². The summed E-state index contributed by atoms with van der Waals surface area (Å²) in [7, 11) is 0. The third-order valence-corrected chi connectivity index (χ3v) is 2.23. The zero-order valence-corrected chi connectivity index (χ0v) is 8.27.